The fourth-order valence-corrected chi connectivity index (χ4v) is 2.30. The van der Waals surface area contributed by atoms with E-state index in [1.165, 1.54) is 31.4 Å². The Morgan fingerprint density at radius 3 is 2.73 bits per heavy atom. The van der Waals surface area contributed by atoms with Gasteiger partial charge in [-0.05, 0) is 30.7 Å². The molecule has 5 nitrogen and oxygen atoms in total. The quantitative estimate of drug-likeness (QED) is 0.874. The van der Waals surface area contributed by atoms with Gasteiger partial charge in [0.25, 0.3) is 0 Å². The number of carbonyl (C=O) groups excluding carboxylic acids is 1. The number of nitrogen functional groups attached to an aromatic ring is 1. The summed E-state index contributed by atoms with van der Waals surface area (Å²) in [5, 5.41) is 8.32. The van der Waals surface area contributed by atoms with Gasteiger partial charge in [-0.2, -0.15) is 5.10 Å². The van der Waals surface area contributed by atoms with Gasteiger partial charge in [0.05, 0.1) is 18.5 Å². The van der Waals surface area contributed by atoms with Crippen LogP contribution in [0, 0.1) is 5.82 Å². The molecular weight excluding hydrogens is 309 g/mol. The number of aromatic nitrogens is 2. The molecule has 0 saturated heterocycles. The van der Waals surface area contributed by atoms with Gasteiger partial charge >= 0.3 is 5.97 Å². The summed E-state index contributed by atoms with van der Waals surface area (Å²) >= 11 is 5.86. The molecule has 0 spiro atoms. The molecule has 7 heteroatoms. The normalized spacial score (nSPS) is 12.0. The molecule has 0 radical (unpaired) electrons. The third kappa shape index (κ3) is 3.17. The van der Waals surface area contributed by atoms with E-state index in [9.17, 15) is 9.18 Å². The Morgan fingerprint density at radius 2 is 2.14 bits per heavy atom. The number of nitrogens with zero attached hydrogens (tertiary/aromatic N) is 2. The molecule has 2 aromatic rings. The molecule has 1 aromatic carbocycles. The number of nitrogens with two attached hydrogens (primary N) is 1. The smallest absolute Gasteiger partial charge is 0.314 e. The second-order valence-electron chi connectivity index (χ2n) is 4.68. The largest absolute Gasteiger partial charge is 0.469 e. The average Bonchev–Trinajstić information content (AvgIpc) is 2.51. The van der Waals surface area contributed by atoms with Crippen molar-refractivity contribution in [1.29, 1.82) is 0 Å². The average molecular weight is 324 g/mol. The van der Waals surface area contributed by atoms with E-state index < -0.39 is 17.7 Å². The molecule has 0 amide bonds. The van der Waals surface area contributed by atoms with E-state index in [0.29, 0.717) is 17.1 Å². The van der Waals surface area contributed by atoms with Crippen LogP contribution < -0.4 is 5.73 Å². The molecule has 1 atom stereocenters. The van der Waals surface area contributed by atoms with Crippen LogP contribution in [0.2, 0.25) is 5.02 Å². The predicted molar refractivity (Wildman–Crippen MR) is 81.9 cm³/mol. The zero-order valence-corrected chi connectivity index (χ0v) is 12.9. The minimum Gasteiger partial charge on any atom is -0.469 e. The zero-order chi connectivity index (χ0) is 16.3. The zero-order valence-electron chi connectivity index (χ0n) is 12.1. The lowest BCUT2D eigenvalue weighted by Gasteiger charge is -2.14. The molecule has 116 valence electrons. The standard InChI is InChI=1S/C15H15ClFN3O2/c1-3-9(15(21)22-2)14-12(18)7-13(19-20-14)10-6-8(16)4-5-11(10)17/h4-7,9H,3H2,1-2H3,(H2,18,19). The highest BCUT2D eigenvalue weighted by atomic mass is 35.5. The van der Waals surface area contributed by atoms with Gasteiger partial charge in [-0.3, -0.25) is 4.79 Å². The van der Waals surface area contributed by atoms with Crippen LogP contribution in [0.15, 0.2) is 24.3 Å². The van der Waals surface area contributed by atoms with E-state index in [2.05, 4.69) is 10.2 Å². The fraction of sp³-hybridized carbons (Fsp3) is 0.267. The van der Waals surface area contributed by atoms with Crippen molar-refractivity contribution in [3.05, 3.63) is 40.8 Å². The van der Waals surface area contributed by atoms with Gasteiger partial charge in [0.15, 0.2) is 0 Å². The van der Waals surface area contributed by atoms with Gasteiger partial charge in [-0.15, -0.1) is 5.10 Å². The van der Waals surface area contributed by atoms with Crippen molar-refractivity contribution < 1.29 is 13.9 Å². The number of anilines is 1. The molecule has 22 heavy (non-hydrogen) atoms. The van der Waals surface area contributed by atoms with Crippen molar-refractivity contribution in [3.8, 4) is 11.3 Å². The minimum atomic E-state index is -0.601. The summed E-state index contributed by atoms with van der Waals surface area (Å²) < 4.78 is 18.6. The number of ether oxygens (including phenoxy) is 1. The number of rotatable bonds is 4. The van der Waals surface area contributed by atoms with Crippen molar-refractivity contribution in [2.24, 2.45) is 0 Å². The summed E-state index contributed by atoms with van der Waals surface area (Å²) in [6, 6.07) is 5.60. The predicted octanol–water partition coefficient (Wildman–Crippen LogP) is 3.18. The highest BCUT2D eigenvalue weighted by Gasteiger charge is 2.24. The van der Waals surface area contributed by atoms with Crippen LogP contribution >= 0.6 is 11.6 Å². The summed E-state index contributed by atoms with van der Waals surface area (Å²) in [6.45, 7) is 1.81. The molecular formula is C15H15ClFN3O2. The van der Waals surface area contributed by atoms with E-state index >= 15 is 0 Å². The van der Waals surface area contributed by atoms with Crippen LogP contribution in [0.4, 0.5) is 10.1 Å². The topological polar surface area (TPSA) is 78.1 Å². The number of hydrogen-bond acceptors (Lipinski definition) is 5. The van der Waals surface area contributed by atoms with Crippen LogP contribution in [0.3, 0.4) is 0 Å². The van der Waals surface area contributed by atoms with Gasteiger partial charge in [0.2, 0.25) is 0 Å². The first kappa shape index (κ1) is 16.2. The van der Waals surface area contributed by atoms with Crippen LogP contribution in [0.25, 0.3) is 11.3 Å². The Morgan fingerprint density at radius 1 is 1.41 bits per heavy atom. The molecule has 1 heterocycles. The summed E-state index contributed by atoms with van der Waals surface area (Å²) in [6.07, 6.45) is 0.469. The second kappa shape index (κ2) is 6.70. The first-order chi connectivity index (χ1) is 10.5. The highest BCUT2D eigenvalue weighted by molar-refractivity contribution is 6.30. The van der Waals surface area contributed by atoms with E-state index in [1.54, 1.807) is 0 Å². The Kier molecular flexibility index (Phi) is 4.92. The number of benzene rings is 1. The number of esters is 1. The van der Waals surface area contributed by atoms with Crippen molar-refractivity contribution >= 4 is 23.3 Å². The van der Waals surface area contributed by atoms with Gasteiger partial charge < -0.3 is 10.5 Å². The minimum absolute atomic E-state index is 0.198. The van der Waals surface area contributed by atoms with Crippen LogP contribution in [-0.4, -0.2) is 23.3 Å². The lowest BCUT2D eigenvalue weighted by Crippen LogP contribution is -2.17. The van der Waals surface area contributed by atoms with Crippen LogP contribution in [0.1, 0.15) is 25.0 Å². The molecule has 2 N–H and O–H groups in total. The van der Waals surface area contributed by atoms with Crippen molar-refractivity contribution in [2.45, 2.75) is 19.3 Å². The van der Waals surface area contributed by atoms with Crippen LogP contribution in [0.5, 0.6) is 0 Å². The Balaban J connectivity index is 2.45. The van der Waals surface area contributed by atoms with E-state index in [4.69, 9.17) is 22.1 Å². The maximum absolute atomic E-state index is 13.9. The third-order valence-corrected chi connectivity index (χ3v) is 3.52. The van der Waals surface area contributed by atoms with Crippen molar-refractivity contribution in [1.82, 2.24) is 10.2 Å². The van der Waals surface area contributed by atoms with E-state index in [0.717, 1.165) is 0 Å². The first-order valence-corrected chi connectivity index (χ1v) is 7.02. The summed E-state index contributed by atoms with van der Waals surface area (Å²) in [5.74, 6) is -1.52. The summed E-state index contributed by atoms with van der Waals surface area (Å²) in [7, 11) is 1.30. The van der Waals surface area contributed by atoms with Crippen LogP contribution in [-0.2, 0) is 9.53 Å². The number of methoxy groups -OCH3 is 1. The molecule has 0 aliphatic carbocycles. The molecule has 0 aliphatic rings. The van der Waals surface area contributed by atoms with E-state index in [1.807, 2.05) is 6.92 Å². The maximum Gasteiger partial charge on any atom is 0.314 e. The second-order valence-corrected chi connectivity index (χ2v) is 5.11. The molecule has 1 unspecified atom stereocenters. The molecule has 0 bridgehead atoms. The van der Waals surface area contributed by atoms with Gasteiger partial charge in [0.1, 0.15) is 17.4 Å². The number of hydrogen-bond donors (Lipinski definition) is 1. The fourth-order valence-electron chi connectivity index (χ4n) is 2.13. The lowest BCUT2D eigenvalue weighted by atomic mass is 10.00. The third-order valence-electron chi connectivity index (χ3n) is 3.28. The molecule has 1 aromatic heterocycles. The molecule has 0 aliphatic heterocycles. The van der Waals surface area contributed by atoms with Gasteiger partial charge in [-0.1, -0.05) is 18.5 Å². The van der Waals surface area contributed by atoms with Gasteiger partial charge in [-0.25, -0.2) is 4.39 Å². The molecule has 0 fully saturated rings. The van der Waals surface area contributed by atoms with E-state index in [-0.39, 0.29) is 16.9 Å². The van der Waals surface area contributed by atoms with Crippen molar-refractivity contribution in [3.63, 3.8) is 0 Å². The first-order valence-electron chi connectivity index (χ1n) is 6.64. The highest BCUT2D eigenvalue weighted by Crippen LogP contribution is 2.29. The number of carbonyl (C=O) groups is 1. The Hall–Kier alpha value is -2.21. The van der Waals surface area contributed by atoms with Gasteiger partial charge in [0, 0.05) is 10.6 Å². The van der Waals surface area contributed by atoms with Crippen molar-refractivity contribution in [2.75, 3.05) is 12.8 Å². The maximum atomic E-state index is 13.9. The summed E-state index contributed by atoms with van der Waals surface area (Å²) in [4.78, 5) is 11.7. The SMILES string of the molecule is CCC(C(=O)OC)c1nnc(-c2cc(Cl)ccc2F)cc1N. The monoisotopic (exact) mass is 323 g/mol. The lowest BCUT2D eigenvalue weighted by molar-refractivity contribution is -0.142. The Labute approximate surface area is 132 Å². The molecule has 0 saturated carbocycles. The molecule has 2 rings (SSSR count). The number of halogens is 2. The summed E-state index contributed by atoms with van der Waals surface area (Å²) in [5.41, 5.74) is 6.97. The Bertz CT molecular complexity index is 709.